The second-order valence-electron chi connectivity index (χ2n) is 13.0. The molecule has 4 saturated carbocycles. The molecule has 5 aromatic rings. The number of amides is 1. The standard InChI is InChI=1S/C33H30N6O2/c40-26(11-28-35-16-27(37-28)32-12-18-8-21-10-22(14-32)33(21,13-18)17-32)23-6-3-7-24-29(23)38-31(36-24)39-30(41)25-9-19-4-1-2-5-20(19)15-34-25/h1-7,9,15-16,18,21-22H,8,10-14,17H2,(H,35,37)(H2,36,38,39,41). The molecule has 3 bridgehead atoms. The number of hydrogen-bond donors (Lipinski definition) is 3. The zero-order valence-corrected chi connectivity index (χ0v) is 22.6. The number of carbonyl (C=O) groups excluding carboxylic acids is 2. The van der Waals surface area contributed by atoms with Gasteiger partial charge in [-0.3, -0.25) is 19.9 Å². The number of Topliss-reactive ketones (excluding diaryl/α,β-unsaturated/α-hetero) is 1. The van der Waals surface area contributed by atoms with Gasteiger partial charge < -0.3 is 9.97 Å². The van der Waals surface area contributed by atoms with E-state index in [4.69, 9.17) is 0 Å². The van der Waals surface area contributed by atoms with Crippen molar-refractivity contribution < 1.29 is 9.59 Å². The fourth-order valence-corrected chi connectivity index (χ4v) is 9.34. The molecule has 1 amide bonds. The molecule has 204 valence electrons. The number of aromatic amines is 2. The van der Waals surface area contributed by atoms with Crippen molar-refractivity contribution in [2.45, 2.75) is 50.4 Å². The molecule has 3 aromatic heterocycles. The first-order valence-electron chi connectivity index (χ1n) is 14.7. The Kier molecular flexibility index (Phi) is 4.63. The zero-order chi connectivity index (χ0) is 27.3. The number of carbonyl (C=O) groups is 2. The van der Waals surface area contributed by atoms with Crippen LogP contribution in [0.1, 0.15) is 70.9 Å². The van der Waals surface area contributed by atoms with E-state index in [1.807, 2.05) is 42.6 Å². The molecule has 0 radical (unpaired) electrons. The molecule has 4 aliphatic rings. The quantitative estimate of drug-likeness (QED) is 0.228. The third-order valence-corrected chi connectivity index (χ3v) is 10.9. The lowest BCUT2D eigenvalue weighted by Crippen LogP contribution is -2.42. The predicted octanol–water partition coefficient (Wildman–Crippen LogP) is 5.98. The molecule has 4 aliphatic carbocycles. The lowest BCUT2D eigenvalue weighted by atomic mass is 9.55. The van der Waals surface area contributed by atoms with E-state index < -0.39 is 0 Å². The van der Waals surface area contributed by atoms with Crippen molar-refractivity contribution >= 4 is 39.4 Å². The molecule has 3 heterocycles. The van der Waals surface area contributed by atoms with Crippen molar-refractivity contribution in [2.75, 3.05) is 5.32 Å². The summed E-state index contributed by atoms with van der Waals surface area (Å²) in [5.74, 6) is 3.28. The van der Waals surface area contributed by atoms with Gasteiger partial charge in [0.15, 0.2) is 5.78 Å². The SMILES string of the molecule is O=C(Nc1nc2c(C(=O)Cc3ncc(C45CC6CC7CC(C4)C7(C6)C5)[nH]3)cccc2[nH]1)c1cc2ccccc2cn1. The fraction of sp³-hybridized carbons (Fsp3) is 0.364. The average molecular weight is 543 g/mol. The molecule has 4 fully saturated rings. The maximum absolute atomic E-state index is 13.5. The van der Waals surface area contributed by atoms with Crippen molar-refractivity contribution in [1.29, 1.82) is 0 Å². The number of para-hydroxylation sites is 1. The number of imidazole rings is 2. The van der Waals surface area contributed by atoms with Gasteiger partial charge in [-0.05, 0) is 85.3 Å². The van der Waals surface area contributed by atoms with Crippen LogP contribution in [0.15, 0.2) is 60.9 Å². The van der Waals surface area contributed by atoms with E-state index in [-0.39, 0.29) is 29.5 Å². The third kappa shape index (κ3) is 3.36. The molecule has 0 saturated heterocycles. The minimum atomic E-state index is -0.368. The minimum Gasteiger partial charge on any atom is -0.345 e. The first-order chi connectivity index (χ1) is 20.0. The number of fused-ring (bicyclic) bond motifs is 4. The molecule has 8 nitrogen and oxygen atoms in total. The number of rotatable bonds is 6. The maximum Gasteiger partial charge on any atom is 0.276 e. The summed E-state index contributed by atoms with van der Waals surface area (Å²) in [6.07, 6.45) is 12.0. The predicted molar refractivity (Wildman–Crippen MR) is 155 cm³/mol. The van der Waals surface area contributed by atoms with Crippen LogP contribution in [0.5, 0.6) is 0 Å². The highest BCUT2D eigenvalue weighted by Crippen LogP contribution is 2.78. The van der Waals surface area contributed by atoms with E-state index in [0.29, 0.717) is 33.5 Å². The summed E-state index contributed by atoms with van der Waals surface area (Å²) in [6.45, 7) is 0. The summed E-state index contributed by atoms with van der Waals surface area (Å²) in [4.78, 5) is 46.7. The number of pyridine rings is 1. The monoisotopic (exact) mass is 542 g/mol. The van der Waals surface area contributed by atoms with Gasteiger partial charge in [-0.15, -0.1) is 0 Å². The van der Waals surface area contributed by atoms with E-state index in [0.717, 1.165) is 28.5 Å². The first-order valence-corrected chi connectivity index (χ1v) is 14.7. The average Bonchev–Trinajstić information content (AvgIpc) is 3.70. The maximum atomic E-state index is 13.5. The van der Waals surface area contributed by atoms with Crippen LogP contribution in [0, 0.1) is 23.2 Å². The number of hydrogen-bond acceptors (Lipinski definition) is 5. The Labute approximate surface area is 236 Å². The molecular weight excluding hydrogens is 512 g/mol. The minimum absolute atomic E-state index is 0.0524. The summed E-state index contributed by atoms with van der Waals surface area (Å²) in [5, 5.41) is 4.71. The van der Waals surface area contributed by atoms with E-state index in [1.165, 1.54) is 44.2 Å². The molecule has 8 heteroatoms. The van der Waals surface area contributed by atoms with Gasteiger partial charge in [0.05, 0.1) is 11.9 Å². The van der Waals surface area contributed by atoms with Gasteiger partial charge >= 0.3 is 0 Å². The van der Waals surface area contributed by atoms with Gasteiger partial charge in [0, 0.05) is 34.5 Å². The van der Waals surface area contributed by atoms with Crippen LogP contribution in [0.2, 0.25) is 0 Å². The van der Waals surface area contributed by atoms with Crippen molar-refractivity contribution in [3.8, 4) is 0 Å². The molecule has 2 aromatic carbocycles. The zero-order valence-electron chi connectivity index (χ0n) is 22.6. The lowest BCUT2D eigenvalue weighted by Gasteiger charge is -2.49. The summed E-state index contributed by atoms with van der Waals surface area (Å²) >= 11 is 0. The van der Waals surface area contributed by atoms with Gasteiger partial charge in [-0.2, -0.15) is 0 Å². The topological polar surface area (TPSA) is 116 Å². The molecular formula is C33H30N6O2. The Morgan fingerprint density at radius 2 is 1.83 bits per heavy atom. The Bertz CT molecular complexity index is 1900. The Balaban J connectivity index is 0.947. The highest BCUT2D eigenvalue weighted by atomic mass is 16.2. The summed E-state index contributed by atoms with van der Waals surface area (Å²) in [6, 6.07) is 15.0. The smallest absolute Gasteiger partial charge is 0.276 e. The Morgan fingerprint density at radius 1 is 0.927 bits per heavy atom. The number of anilines is 1. The summed E-state index contributed by atoms with van der Waals surface area (Å²) in [7, 11) is 0. The van der Waals surface area contributed by atoms with Crippen LogP contribution in [0.3, 0.4) is 0 Å². The van der Waals surface area contributed by atoms with Crippen molar-refractivity contribution in [3.63, 3.8) is 0 Å². The second kappa shape index (κ2) is 8.12. The fourth-order valence-electron chi connectivity index (χ4n) is 9.34. The Morgan fingerprint density at radius 3 is 2.76 bits per heavy atom. The van der Waals surface area contributed by atoms with Crippen LogP contribution >= 0.6 is 0 Å². The van der Waals surface area contributed by atoms with E-state index >= 15 is 0 Å². The van der Waals surface area contributed by atoms with Gasteiger partial charge in [0.2, 0.25) is 5.95 Å². The molecule has 5 unspecified atom stereocenters. The van der Waals surface area contributed by atoms with Gasteiger partial charge in [0.25, 0.3) is 5.91 Å². The second-order valence-corrected chi connectivity index (χ2v) is 13.0. The molecule has 41 heavy (non-hydrogen) atoms. The van der Waals surface area contributed by atoms with Gasteiger partial charge in [-0.25, -0.2) is 9.97 Å². The molecule has 9 rings (SSSR count). The number of H-pyrrole nitrogens is 2. The number of nitrogens with one attached hydrogen (secondary N) is 3. The van der Waals surface area contributed by atoms with Crippen molar-refractivity contribution in [2.24, 2.45) is 23.2 Å². The van der Waals surface area contributed by atoms with Crippen LogP contribution in [-0.2, 0) is 11.8 Å². The third-order valence-electron chi connectivity index (χ3n) is 10.9. The van der Waals surface area contributed by atoms with Gasteiger partial charge in [0.1, 0.15) is 17.0 Å². The van der Waals surface area contributed by atoms with E-state index in [1.54, 1.807) is 18.3 Å². The number of aromatic nitrogens is 5. The molecule has 5 atom stereocenters. The van der Waals surface area contributed by atoms with E-state index in [9.17, 15) is 9.59 Å². The summed E-state index contributed by atoms with van der Waals surface area (Å²) < 4.78 is 0. The van der Waals surface area contributed by atoms with Crippen LogP contribution in [-0.4, -0.2) is 36.6 Å². The van der Waals surface area contributed by atoms with Crippen LogP contribution in [0.4, 0.5) is 5.95 Å². The van der Waals surface area contributed by atoms with Crippen molar-refractivity contribution in [3.05, 3.63) is 83.7 Å². The largest absolute Gasteiger partial charge is 0.345 e. The first kappa shape index (κ1) is 23.4. The van der Waals surface area contributed by atoms with E-state index in [2.05, 4.69) is 30.2 Å². The number of nitrogens with zero attached hydrogens (tertiary/aromatic N) is 3. The highest BCUT2D eigenvalue weighted by molar-refractivity contribution is 6.08. The molecule has 1 spiro atoms. The van der Waals surface area contributed by atoms with Crippen LogP contribution < -0.4 is 5.32 Å². The lowest BCUT2D eigenvalue weighted by molar-refractivity contribution is -0.000232. The Hall–Kier alpha value is -4.33. The van der Waals surface area contributed by atoms with Crippen LogP contribution in [0.25, 0.3) is 21.8 Å². The number of benzene rings is 2. The summed E-state index contributed by atoms with van der Waals surface area (Å²) in [5.41, 5.74) is 4.10. The number of ketones is 1. The normalized spacial score (nSPS) is 29.1. The highest BCUT2D eigenvalue weighted by Gasteiger charge is 2.71. The molecule has 0 aliphatic heterocycles. The molecule has 3 N–H and O–H groups in total. The van der Waals surface area contributed by atoms with Gasteiger partial charge in [-0.1, -0.05) is 30.3 Å². The van der Waals surface area contributed by atoms with Crippen molar-refractivity contribution in [1.82, 2.24) is 24.9 Å².